The number of para-hydroxylation sites is 2. The second-order valence-electron chi connectivity index (χ2n) is 5.24. The van der Waals surface area contributed by atoms with Gasteiger partial charge in [-0.25, -0.2) is 4.98 Å². The summed E-state index contributed by atoms with van der Waals surface area (Å²) in [7, 11) is 0. The highest BCUT2D eigenvalue weighted by molar-refractivity contribution is 6.35. The predicted octanol–water partition coefficient (Wildman–Crippen LogP) is 4.24. The molecule has 0 aliphatic heterocycles. The van der Waals surface area contributed by atoms with E-state index in [0.29, 0.717) is 23.0 Å². The molecule has 4 nitrogen and oxygen atoms in total. The summed E-state index contributed by atoms with van der Waals surface area (Å²) in [5.41, 5.74) is 2.67. The van der Waals surface area contributed by atoms with Crippen LogP contribution >= 0.6 is 23.2 Å². The molecule has 0 radical (unpaired) electrons. The molecule has 0 aliphatic carbocycles. The summed E-state index contributed by atoms with van der Waals surface area (Å²) < 4.78 is 0. The van der Waals surface area contributed by atoms with Gasteiger partial charge in [0.15, 0.2) is 0 Å². The summed E-state index contributed by atoms with van der Waals surface area (Å²) in [4.78, 5) is 19.6. The van der Waals surface area contributed by atoms with E-state index in [0.717, 1.165) is 22.4 Å². The number of fused-ring (bicyclic) bond motifs is 1. The topological polar surface area (TPSA) is 57.8 Å². The van der Waals surface area contributed by atoms with Gasteiger partial charge in [0, 0.05) is 29.1 Å². The van der Waals surface area contributed by atoms with Gasteiger partial charge in [-0.3, -0.25) is 4.79 Å². The van der Waals surface area contributed by atoms with Gasteiger partial charge in [0.2, 0.25) is 5.91 Å². The summed E-state index contributed by atoms with van der Waals surface area (Å²) in [6.07, 6.45) is 3.75. The molecule has 0 spiro atoms. The lowest BCUT2D eigenvalue weighted by atomic mass is 10.2. The van der Waals surface area contributed by atoms with E-state index in [-0.39, 0.29) is 5.91 Å². The fraction of sp³-hybridized carbons (Fsp3) is 0.111. The van der Waals surface area contributed by atoms with Crippen molar-refractivity contribution in [2.45, 2.75) is 6.42 Å². The normalized spacial score (nSPS) is 11.2. The SMILES string of the molecule is O=C(/C=C/c1ccc(Cl)cc1Cl)NCCc1nc2ccccc2[nH]1. The number of imidazole rings is 1. The van der Waals surface area contributed by atoms with Crippen LogP contribution < -0.4 is 5.32 Å². The average molecular weight is 360 g/mol. The van der Waals surface area contributed by atoms with Crippen molar-refractivity contribution in [3.63, 3.8) is 0 Å². The monoisotopic (exact) mass is 359 g/mol. The van der Waals surface area contributed by atoms with Gasteiger partial charge in [-0.1, -0.05) is 41.4 Å². The Balaban J connectivity index is 1.52. The molecule has 6 heteroatoms. The molecule has 1 amide bonds. The molecular weight excluding hydrogens is 345 g/mol. The minimum Gasteiger partial charge on any atom is -0.352 e. The van der Waals surface area contributed by atoms with Gasteiger partial charge in [-0.05, 0) is 35.9 Å². The van der Waals surface area contributed by atoms with Crippen molar-refractivity contribution in [1.29, 1.82) is 0 Å². The lowest BCUT2D eigenvalue weighted by Gasteiger charge is -2.01. The molecule has 2 aromatic carbocycles. The summed E-state index contributed by atoms with van der Waals surface area (Å²) in [6, 6.07) is 13.0. The van der Waals surface area contributed by atoms with E-state index in [1.54, 1.807) is 24.3 Å². The zero-order chi connectivity index (χ0) is 16.9. The molecule has 0 unspecified atom stereocenters. The van der Waals surface area contributed by atoms with E-state index in [2.05, 4.69) is 15.3 Å². The second kappa shape index (κ2) is 7.51. The highest BCUT2D eigenvalue weighted by Gasteiger charge is 2.03. The highest BCUT2D eigenvalue weighted by atomic mass is 35.5. The zero-order valence-electron chi connectivity index (χ0n) is 12.7. The van der Waals surface area contributed by atoms with Crippen molar-refractivity contribution in [1.82, 2.24) is 15.3 Å². The molecule has 3 rings (SSSR count). The third kappa shape index (κ3) is 4.16. The number of nitrogens with zero attached hydrogens (tertiary/aromatic N) is 1. The lowest BCUT2D eigenvalue weighted by Crippen LogP contribution is -2.23. The van der Waals surface area contributed by atoms with Gasteiger partial charge in [-0.15, -0.1) is 0 Å². The Hall–Kier alpha value is -2.30. The van der Waals surface area contributed by atoms with Crippen LogP contribution in [0.4, 0.5) is 0 Å². The van der Waals surface area contributed by atoms with Crippen LogP contribution in [0.5, 0.6) is 0 Å². The summed E-state index contributed by atoms with van der Waals surface area (Å²) >= 11 is 11.9. The van der Waals surface area contributed by atoms with E-state index in [1.165, 1.54) is 6.08 Å². The number of amides is 1. The molecule has 2 N–H and O–H groups in total. The molecule has 0 saturated heterocycles. The average Bonchev–Trinajstić information content (AvgIpc) is 2.96. The van der Waals surface area contributed by atoms with Crippen LogP contribution in [0, 0.1) is 0 Å². The van der Waals surface area contributed by atoms with E-state index in [4.69, 9.17) is 23.2 Å². The van der Waals surface area contributed by atoms with Gasteiger partial charge >= 0.3 is 0 Å². The van der Waals surface area contributed by atoms with Crippen molar-refractivity contribution in [2.75, 3.05) is 6.54 Å². The number of aromatic nitrogens is 2. The molecule has 24 heavy (non-hydrogen) atoms. The number of hydrogen-bond donors (Lipinski definition) is 2. The smallest absolute Gasteiger partial charge is 0.244 e. The van der Waals surface area contributed by atoms with Gasteiger partial charge in [-0.2, -0.15) is 0 Å². The van der Waals surface area contributed by atoms with Crippen molar-refractivity contribution in [3.05, 3.63) is 70.0 Å². The zero-order valence-corrected chi connectivity index (χ0v) is 14.2. The van der Waals surface area contributed by atoms with Gasteiger partial charge in [0.25, 0.3) is 0 Å². The van der Waals surface area contributed by atoms with Crippen molar-refractivity contribution >= 4 is 46.2 Å². The van der Waals surface area contributed by atoms with Crippen molar-refractivity contribution < 1.29 is 4.79 Å². The number of aromatic amines is 1. The maximum atomic E-state index is 11.9. The predicted molar refractivity (Wildman–Crippen MR) is 98.3 cm³/mol. The molecule has 122 valence electrons. The molecule has 1 aromatic heterocycles. The number of benzene rings is 2. The Morgan fingerprint density at radius 3 is 2.83 bits per heavy atom. The molecule has 1 heterocycles. The molecule has 0 bridgehead atoms. The Morgan fingerprint density at radius 2 is 2.04 bits per heavy atom. The number of rotatable bonds is 5. The Kier molecular flexibility index (Phi) is 5.18. The first kappa shape index (κ1) is 16.6. The Morgan fingerprint density at radius 1 is 1.21 bits per heavy atom. The number of carbonyl (C=O) groups excluding carboxylic acids is 1. The van der Waals surface area contributed by atoms with Crippen molar-refractivity contribution in [2.24, 2.45) is 0 Å². The fourth-order valence-electron chi connectivity index (χ4n) is 2.29. The first-order valence-electron chi connectivity index (χ1n) is 7.46. The number of hydrogen-bond acceptors (Lipinski definition) is 2. The first-order valence-corrected chi connectivity index (χ1v) is 8.22. The van der Waals surface area contributed by atoms with Crippen LogP contribution in [0.1, 0.15) is 11.4 Å². The number of nitrogens with one attached hydrogen (secondary N) is 2. The molecule has 3 aromatic rings. The lowest BCUT2D eigenvalue weighted by molar-refractivity contribution is -0.116. The Bertz CT molecular complexity index is 869. The van der Waals surface area contributed by atoms with E-state index in [1.807, 2.05) is 24.3 Å². The molecule has 0 fully saturated rings. The van der Waals surface area contributed by atoms with E-state index in [9.17, 15) is 4.79 Å². The van der Waals surface area contributed by atoms with Gasteiger partial charge in [0.05, 0.1) is 11.0 Å². The van der Waals surface area contributed by atoms with Crippen LogP contribution in [0.3, 0.4) is 0 Å². The van der Waals surface area contributed by atoms with Gasteiger partial charge in [0.1, 0.15) is 5.82 Å². The molecule has 0 saturated carbocycles. The third-order valence-corrected chi connectivity index (χ3v) is 4.04. The van der Waals surface area contributed by atoms with Crippen LogP contribution in [-0.4, -0.2) is 22.4 Å². The quantitative estimate of drug-likeness (QED) is 0.669. The minimum atomic E-state index is -0.183. The van der Waals surface area contributed by atoms with Crippen LogP contribution in [0.15, 0.2) is 48.5 Å². The largest absolute Gasteiger partial charge is 0.352 e. The van der Waals surface area contributed by atoms with Crippen LogP contribution in [0.2, 0.25) is 10.0 Å². The maximum absolute atomic E-state index is 11.9. The fourth-order valence-corrected chi connectivity index (χ4v) is 2.76. The van der Waals surface area contributed by atoms with E-state index >= 15 is 0 Å². The summed E-state index contributed by atoms with van der Waals surface area (Å²) in [5.74, 6) is 0.665. The number of H-pyrrole nitrogens is 1. The van der Waals surface area contributed by atoms with Crippen molar-refractivity contribution in [3.8, 4) is 0 Å². The molecule has 0 aliphatic rings. The number of halogens is 2. The van der Waals surface area contributed by atoms with E-state index < -0.39 is 0 Å². The first-order chi connectivity index (χ1) is 11.6. The highest BCUT2D eigenvalue weighted by Crippen LogP contribution is 2.21. The Labute approximate surface area is 149 Å². The minimum absolute atomic E-state index is 0.183. The standard InChI is InChI=1S/C18H15Cl2N3O/c19-13-7-5-12(14(20)11-13)6-8-18(24)21-10-9-17-22-15-3-1-2-4-16(15)23-17/h1-8,11H,9-10H2,(H,21,24)(H,22,23)/b8-6+. The van der Waals surface area contributed by atoms with Crippen LogP contribution in [0.25, 0.3) is 17.1 Å². The maximum Gasteiger partial charge on any atom is 0.244 e. The van der Waals surface area contributed by atoms with Crippen LogP contribution in [-0.2, 0) is 11.2 Å². The second-order valence-corrected chi connectivity index (χ2v) is 6.08. The molecular formula is C18H15Cl2N3O. The number of carbonyl (C=O) groups is 1. The van der Waals surface area contributed by atoms with Gasteiger partial charge < -0.3 is 10.3 Å². The third-order valence-electron chi connectivity index (χ3n) is 3.48. The summed E-state index contributed by atoms with van der Waals surface area (Å²) in [5, 5.41) is 3.89. The summed E-state index contributed by atoms with van der Waals surface area (Å²) in [6.45, 7) is 0.497. The molecule has 0 atom stereocenters.